The van der Waals surface area contributed by atoms with Crippen molar-refractivity contribution in [2.45, 2.75) is 25.8 Å². The molecule has 1 unspecified atom stereocenters. The third-order valence-corrected chi connectivity index (χ3v) is 4.32. The van der Waals surface area contributed by atoms with Gasteiger partial charge in [-0.15, -0.1) is 11.6 Å². The normalized spacial score (nSPS) is 14.9. The number of hydrogen-bond acceptors (Lipinski definition) is 3. The number of nitrogens with one attached hydrogen (secondary N) is 1. The molecule has 0 bridgehead atoms. The first-order valence-corrected chi connectivity index (χ1v) is 6.72. The lowest BCUT2D eigenvalue weighted by molar-refractivity contribution is 0.553. The summed E-state index contributed by atoms with van der Waals surface area (Å²) in [6.07, 6.45) is 0.979. The smallest absolute Gasteiger partial charge is 0.184 e. The van der Waals surface area contributed by atoms with E-state index in [1.807, 2.05) is 18.2 Å². The van der Waals surface area contributed by atoms with Crippen molar-refractivity contribution in [3.63, 3.8) is 0 Å². The number of fused-ring (bicyclic) bond motifs is 1. The van der Waals surface area contributed by atoms with Crippen molar-refractivity contribution in [2.75, 3.05) is 11.2 Å². The van der Waals surface area contributed by atoms with Crippen molar-refractivity contribution in [1.29, 1.82) is 0 Å². The van der Waals surface area contributed by atoms with Gasteiger partial charge in [0.05, 0.1) is 10.2 Å². The van der Waals surface area contributed by atoms with E-state index in [-0.39, 0.29) is 5.54 Å². The molecule has 0 aliphatic rings. The fourth-order valence-corrected chi connectivity index (χ4v) is 2.67. The third-order valence-electron chi connectivity index (χ3n) is 2.78. The molecular formula is C12H15ClN2S. The Balaban J connectivity index is 2.27. The SMILES string of the molecule is CCC(C)(CCl)Nc1nc2ccccc2s1. The predicted octanol–water partition coefficient (Wildman–Crippen LogP) is 4.12. The molecule has 0 spiro atoms. The molecule has 2 nitrogen and oxygen atoms in total. The third kappa shape index (κ3) is 2.30. The van der Waals surface area contributed by atoms with Gasteiger partial charge in [-0.1, -0.05) is 30.4 Å². The van der Waals surface area contributed by atoms with E-state index in [4.69, 9.17) is 11.6 Å². The van der Waals surface area contributed by atoms with E-state index in [1.165, 1.54) is 4.70 Å². The number of aromatic nitrogens is 1. The molecule has 0 fully saturated rings. The summed E-state index contributed by atoms with van der Waals surface area (Å²) in [7, 11) is 0. The molecule has 0 aliphatic heterocycles. The predicted molar refractivity (Wildman–Crippen MR) is 72.7 cm³/mol. The Kier molecular flexibility index (Phi) is 3.36. The Labute approximate surface area is 105 Å². The van der Waals surface area contributed by atoms with Crippen molar-refractivity contribution < 1.29 is 0 Å². The number of rotatable bonds is 4. The number of thiazole rings is 1. The highest BCUT2D eigenvalue weighted by molar-refractivity contribution is 7.22. The molecule has 0 saturated carbocycles. The second-order valence-corrected chi connectivity index (χ2v) is 5.46. The summed E-state index contributed by atoms with van der Waals surface area (Å²) >= 11 is 7.65. The van der Waals surface area contributed by atoms with Crippen LogP contribution in [0.15, 0.2) is 24.3 Å². The maximum atomic E-state index is 5.97. The molecule has 0 aliphatic carbocycles. The quantitative estimate of drug-likeness (QED) is 0.831. The fraction of sp³-hybridized carbons (Fsp3) is 0.417. The van der Waals surface area contributed by atoms with Gasteiger partial charge in [-0.05, 0) is 25.5 Å². The first-order valence-electron chi connectivity index (χ1n) is 5.36. The minimum atomic E-state index is -0.0740. The lowest BCUT2D eigenvalue weighted by atomic mass is 10.0. The average molecular weight is 255 g/mol. The van der Waals surface area contributed by atoms with Crippen molar-refractivity contribution in [1.82, 2.24) is 4.98 Å². The highest BCUT2D eigenvalue weighted by Gasteiger charge is 2.21. The molecule has 4 heteroatoms. The van der Waals surface area contributed by atoms with E-state index in [0.29, 0.717) is 5.88 Å². The second-order valence-electron chi connectivity index (χ2n) is 4.16. The largest absolute Gasteiger partial charge is 0.355 e. The average Bonchev–Trinajstić information content (AvgIpc) is 2.70. The number of anilines is 1. The zero-order valence-electron chi connectivity index (χ0n) is 9.46. The summed E-state index contributed by atoms with van der Waals surface area (Å²) in [6.45, 7) is 4.24. The first kappa shape index (κ1) is 11.7. The molecule has 2 rings (SSSR count). The molecule has 0 radical (unpaired) electrons. The van der Waals surface area contributed by atoms with E-state index in [0.717, 1.165) is 17.1 Å². The molecule has 16 heavy (non-hydrogen) atoms. The van der Waals surface area contributed by atoms with Crippen LogP contribution in [0.2, 0.25) is 0 Å². The Morgan fingerprint density at radius 3 is 2.81 bits per heavy atom. The summed E-state index contributed by atoms with van der Waals surface area (Å²) in [5.74, 6) is 0.583. The molecule has 0 saturated heterocycles. The van der Waals surface area contributed by atoms with Gasteiger partial charge >= 0.3 is 0 Å². The number of halogens is 1. The minimum absolute atomic E-state index is 0.0740. The number of hydrogen-bond donors (Lipinski definition) is 1. The highest BCUT2D eigenvalue weighted by Crippen LogP contribution is 2.28. The molecule has 0 amide bonds. The van der Waals surface area contributed by atoms with E-state index >= 15 is 0 Å². The molecule has 1 aromatic carbocycles. The maximum Gasteiger partial charge on any atom is 0.184 e. The zero-order chi connectivity index (χ0) is 11.6. The Morgan fingerprint density at radius 1 is 1.44 bits per heavy atom. The summed E-state index contributed by atoms with van der Waals surface area (Å²) in [5.41, 5.74) is 0.970. The van der Waals surface area contributed by atoms with Gasteiger partial charge in [-0.3, -0.25) is 0 Å². The summed E-state index contributed by atoms with van der Waals surface area (Å²) < 4.78 is 1.21. The summed E-state index contributed by atoms with van der Waals surface area (Å²) in [4.78, 5) is 4.54. The van der Waals surface area contributed by atoms with Crippen LogP contribution in [0, 0.1) is 0 Å². The van der Waals surface area contributed by atoms with Gasteiger partial charge < -0.3 is 5.32 Å². The highest BCUT2D eigenvalue weighted by atomic mass is 35.5. The van der Waals surface area contributed by atoms with Crippen LogP contribution in [-0.2, 0) is 0 Å². The molecule has 1 atom stereocenters. The molecule has 1 heterocycles. The van der Waals surface area contributed by atoms with Gasteiger partial charge in [0.2, 0.25) is 0 Å². The van der Waals surface area contributed by atoms with Gasteiger partial charge in [0.25, 0.3) is 0 Å². The number of nitrogens with zero attached hydrogens (tertiary/aromatic N) is 1. The van der Waals surface area contributed by atoms with Crippen molar-refractivity contribution in [3.8, 4) is 0 Å². The van der Waals surface area contributed by atoms with Crippen LogP contribution >= 0.6 is 22.9 Å². The van der Waals surface area contributed by atoms with Gasteiger partial charge in [-0.2, -0.15) is 0 Å². The Morgan fingerprint density at radius 2 is 2.19 bits per heavy atom. The topological polar surface area (TPSA) is 24.9 Å². The van der Waals surface area contributed by atoms with Gasteiger partial charge in [0, 0.05) is 11.4 Å². The van der Waals surface area contributed by atoms with Crippen LogP contribution < -0.4 is 5.32 Å². The minimum Gasteiger partial charge on any atom is -0.355 e. The maximum absolute atomic E-state index is 5.97. The van der Waals surface area contributed by atoms with Crippen LogP contribution in [0.1, 0.15) is 20.3 Å². The van der Waals surface area contributed by atoms with Crippen LogP contribution in [0.25, 0.3) is 10.2 Å². The van der Waals surface area contributed by atoms with Gasteiger partial charge in [0.1, 0.15) is 0 Å². The van der Waals surface area contributed by atoms with Crippen LogP contribution in [0.5, 0.6) is 0 Å². The number of benzene rings is 1. The van der Waals surface area contributed by atoms with Crippen LogP contribution in [0.3, 0.4) is 0 Å². The molecule has 1 aromatic heterocycles. The van der Waals surface area contributed by atoms with Crippen molar-refractivity contribution in [2.24, 2.45) is 0 Å². The Hall–Kier alpha value is -0.800. The second kappa shape index (κ2) is 4.60. The summed E-state index contributed by atoms with van der Waals surface area (Å²) in [6, 6.07) is 8.15. The van der Waals surface area contributed by atoms with Gasteiger partial charge in [-0.25, -0.2) is 4.98 Å². The van der Waals surface area contributed by atoms with Gasteiger partial charge in [0.15, 0.2) is 5.13 Å². The number of alkyl halides is 1. The standard InChI is InChI=1S/C12H15ClN2S/c1-3-12(2,8-13)15-11-14-9-6-4-5-7-10(9)16-11/h4-7H,3,8H2,1-2H3,(H,14,15). The van der Waals surface area contributed by atoms with E-state index < -0.39 is 0 Å². The molecule has 86 valence electrons. The molecule has 2 aromatic rings. The molecule has 1 N–H and O–H groups in total. The zero-order valence-corrected chi connectivity index (χ0v) is 11.0. The lowest BCUT2D eigenvalue weighted by Gasteiger charge is -2.26. The number of para-hydroxylation sites is 1. The van der Waals surface area contributed by atoms with E-state index in [9.17, 15) is 0 Å². The molecular weight excluding hydrogens is 240 g/mol. The Bertz CT molecular complexity index is 444. The lowest BCUT2D eigenvalue weighted by Crippen LogP contribution is -2.35. The van der Waals surface area contributed by atoms with Crippen molar-refractivity contribution in [3.05, 3.63) is 24.3 Å². The van der Waals surface area contributed by atoms with Crippen LogP contribution in [0.4, 0.5) is 5.13 Å². The summed E-state index contributed by atoms with van der Waals surface area (Å²) in [5, 5.41) is 4.37. The van der Waals surface area contributed by atoms with E-state index in [2.05, 4.69) is 30.2 Å². The van der Waals surface area contributed by atoms with Crippen LogP contribution in [-0.4, -0.2) is 16.4 Å². The monoisotopic (exact) mass is 254 g/mol. The first-order chi connectivity index (χ1) is 7.67. The fourth-order valence-electron chi connectivity index (χ4n) is 1.40. The van der Waals surface area contributed by atoms with Crippen molar-refractivity contribution >= 4 is 38.3 Å². The van der Waals surface area contributed by atoms with E-state index in [1.54, 1.807) is 11.3 Å².